The number of carbonyl (C=O) groups excluding carboxylic acids is 3. The summed E-state index contributed by atoms with van der Waals surface area (Å²) < 4.78 is 16.8. The van der Waals surface area contributed by atoms with Gasteiger partial charge < -0.3 is 14.2 Å². The van der Waals surface area contributed by atoms with E-state index in [2.05, 4.69) is 34.6 Å². The molecule has 6 heteroatoms. The summed E-state index contributed by atoms with van der Waals surface area (Å²) in [6.07, 6.45) is 43.9. The molecule has 6 nitrogen and oxygen atoms in total. The minimum absolute atomic E-state index is 0.0650. The van der Waals surface area contributed by atoms with Crippen molar-refractivity contribution in [1.82, 2.24) is 0 Å². The number of rotatable bonds is 45. The molecule has 0 fully saturated rings. The fourth-order valence-corrected chi connectivity index (χ4v) is 7.64. The van der Waals surface area contributed by atoms with Crippen LogP contribution in [-0.4, -0.2) is 37.2 Å². The van der Waals surface area contributed by atoms with Gasteiger partial charge in [0.25, 0.3) is 0 Å². The molecule has 0 spiro atoms. The van der Waals surface area contributed by atoms with Crippen LogP contribution in [0.2, 0.25) is 0 Å². The van der Waals surface area contributed by atoms with Crippen molar-refractivity contribution in [3.05, 3.63) is 0 Å². The van der Waals surface area contributed by atoms with E-state index in [1.165, 1.54) is 167 Å². The lowest BCUT2D eigenvalue weighted by molar-refractivity contribution is -0.167. The fraction of sp³-hybridized carbons (Fsp3) is 0.941. The lowest BCUT2D eigenvalue weighted by atomic mass is 10.0. The van der Waals surface area contributed by atoms with Crippen LogP contribution in [0.4, 0.5) is 0 Å². The largest absolute Gasteiger partial charge is 0.462 e. The Hall–Kier alpha value is -1.59. The van der Waals surface area contributed by atoms with Gasteiger partial charge in [-0.05, 0) is 31.1 Å². The molecule has 57 heavy (non-hydrogen) atoms. The van der Waals surface area contributed by atoms with Crippen LogP contribution < -0.4 is 0 Å². The lowest BCUT2D eigenvalue weighted by Crippen LogP contribution is -2.30. The number of unbranched alkanes of at least 4 members (excludes halogenated alkanes) is 30. The summed E-state index contributed by atoms with van der Waals surface area (Å²) in [4.78, 5) is 37.8. The second-order valence-corrected chi connectivity index (χ2v) is 18.4. The summed E-state index contributed by atoms with van der Waals surface area (Å²) in [6, 6.07) is 0. The summed E-state index contributed by atoms with van der Waals surface area (Å²) in [5, 5.41) is 0. The van der Waals surface area contributed by atoms with E-state index in [0.717, 1.165) is 69.6 Å². The Morgan fingerprint density at radius 1 is 0.333 bits per heavy atom. The van der Waals surface area contributed by atoms with Gasteiger partial charge in [-0.3, -0.25) is 14.4 Å². The third-order valence-electron chi connectivity index (χ3n) is 11.5. The predicted molar refractivity (Wildman–Crippen MR) is 243 cm³/mol. The average molecular weight is 807 g/mol. The van der Waals surface area contributed by atoms with Crippen LogP contribution in [-0.2, 0) is 28.6 Å². The van der Waals surface area contributed by atoms with E-state index in [0.29, 0.717) is 19.3 Å². The molecule has 0 aromatic heterocycles. The minimum atomic E-state index is -0.762. The van der Waals surface area contributed by atoms with Crippen LogP contribution in [0.15, 0.2) is 0 Å². The summed E-state index contributed by atoms with van der Waals surface area (Å²) >= 11 is 0. The molecule has 0 bridgehead atoms. The van der Waals surface area contributed by atoms with Gasteiger partial charge in [0.05, 0.1) is 0 Å². The van der Waals surface area contributed by atoms with Gasteiger partial charge in [0.15, 0.2) is 6.10 Å². The average Bonchev–Trinajstić information content (AvgIpc) is 3.18. The van der Waals surface area contributed by atoms with Crippen molar-refractivity contribution in [1.29, 1.82) is 0 Å². The maximum absolute atomic E-state index is 12.8. The smallest absolute Gasteiger partial charge is 0.306 e. The monoisotopic (exact) mass is 807 g/mol. The van der Waals surface area contributed by atoms with Crippen molar-refractivity contribution >= 4 is 17.9 Å². The zero-order chi connectivity index (χ0) is 41.9. The number of ether oxygens (including phenoxy) is 3. The van der Waals surface area contributed by atoms with Gasteiger partial charge in [-0.2, -0.15) is 0 Å². The van der Waals surface area contributed by atoms with Crippen LogP contribution in [0, 0.1) is 11.8 Å². The first-order valence-electron chi connectivity index (χ1n) is 25.2. The van der Waals surface area contributed by atoms with Crippen LogP contribution in [0.1, 0.15) is 279 Å². The van der Waals surface area contributed by atoms with Crippen LogP contribution in [0.5, 0.6) is 0 Å². The standard InChI is InChI=1S/C51H98O6/c1-6-7-8-9-10-11-12-13-14-15-16-17-18-23-26-33-38-43-51(54)57-48(45-56-50(53)42-37-32-28-27-30-35-40-47(4)5)44-55-49(52)41-36-31-25-22-20-19-21-24-29-34-39-46(2)3/h46-48H,6-45H2,1-5H3/t48-/m1/s1. The quantitative estimate of drug-likeness (QED) is 0.0346. The van der Waals surface area contributed by atoms with E-state index in [1.54, 1.807) is 0 Å². The SMILES string of the molecule is CCCCCCCCCCCCCCCCCCCC(=O)O[C@H](COC(=O)CCCCCCCCCCCCC(C)C)COC(=O)CCCCCCCCC(C)C. The van der Waals surface area contributed by atoms with Gasteiger partial charge in [0.1, 0.15) is 13.2 Å². The number of carbonyl (C=O) groups is 3. The second kappa shape index (κ2) is 44.0. The molecule has 0 aliphatic carbocycles. The number of hydrogen-bond acceptors (Lipinski definition) is 6. The predicted octanol–water partition coefficient (Wildman–Crippen LogP) is 16.1. The Balaban J connectivity index is 4.27. The van der Waals surface area contributed by atoms with Crippen molar-refractivity contribution in [3.63, 3.8) is 0 Å². The molecular weight excluding hydrogens is 709 g/mol. The third kappa shape index (κ3) is 45.3. The van der Waals surface area contributed by atoms with E-state index < -0.39 is 6.10 Å². The number of hydrogen-bond donors (Lipinski definition) is 0. The molecule has 0 saturated carbocycles. The fourth-order valence-electron chi connectivity index (χ4n) is 7.64. The molecule has 0 saturated heterocycles. The highest BCUT2D eigenvalue weighted by Gasteiger charge is 2.19. The summed E-state index contributed by atoms with van der Waals surface area (Å²) in [6.45, 7) is 11.3. The lowest BCUT2D eigenvalue weighted by Gasteiger charge is -2.18. The first-order valence-corrected chi connectivity index (χ1v) is 25.2. The normalized spacial score (nSPS) is 12.1. The molecule has 0 aliphatic rings. The summed E-state index contributed by atoms with van der Waals surface area (Å²) in [5.41, 5.74) is 0. The van der Waals surface area contributed by atoms with Crippen LogP contribution >= 0.6 is 0 Å². The Morgan fingerprint density at radius 2 is 0.579 bits per heavy atom. The molecule has 338 valence electrons. The Bertz CT molecular complexity index is 870. The Kier molecular flexibility index (Phi) is 42.7. The topological polar surface area (TPSA) is 78.9 Å². The van der Waals surface area contributed by atoms with Crippen molar-refractivity contribution in [2.75, 3.05) is 13.2 Å². The van der Waals surface area contributed by atoms with Crippen LogP contribution in [0.25, 0.3) is 0 Å². The zero-order valence-electron chi connectivity index (χ0n) is 39.0. The van der Waals surface area contributed by atoms with Gasteiger partial charge >= 0.3 is 17.9 Å². The van der Waals surface area contributed by atoms with E-state index in [-0.39, 0.29) is 31.1 Å². The highest BCUT2D eigenvalue weighted by Crippen LogP contribution is 2.17. The highest BCUT2D eigenvalue weighted by atomic mass is 16.6. The Labute approximate surface area is 355 Å². The highest BCUT2D eigenvalue weighted by molar-refractivity contribution is 5.71. The molecule has 0 amide bonds. The minimum Gasteiger partial charge on any atom is -0.462 e. The van der Waals surface area contributed by atoms with E-state index >= 15 is 0 Å². The summed E-state index contributed by atoms with van der Waals surface area (Å²) in [5.74, 6) is 0.726. The maximum Gasteiger partial charge on any atom is 0.306 e. The number of esters is 3. The van der Waals surface area contributed by atoms with Crippen LogP contribution in [0.3, 0.4) is 0 Å². The van der Waals surface area contributed by atoms with E-state index in [4.69, 9.17) is 14.2 Å². The van der Waals surface area contributed by atoms with E-state index in [9.17, 15) is 14.4 Å². The maximum atomic E-state index is 12.8. The molecule has 1 atom stereocenters. The molecule has 0 aliphatic heterocycles. The van der Waals surface area contributed by atoms with Gasteiger partial charge in [-0.15, -0.1) is 0 Å². The molecule has 0 radical (unpaired) electrons. The summed E-state index contributed by atoms with van der Waals surface area (Å²) in [7, 11) is 0. The van der Waals surface area contributed by atoms with Gasteiger partial charge in [-0.25, -0.2) is 0 Å². The first kappa shape index (κ1) is 55.4. The molecule has 0 aromatic carbocycles. The third-order valence-corrected chi connectivity index (χ3v) is 11.5. The molecule has 0 aromatic rings. The second-order valence-electron chi connectivity index (χ2n) is 18.4. The Morgan fingerprint density at radius 3 is 0.860 bits per heavy atom. The van der Waals surface area contributed by atoms with Crippen molar-refractivity contribution in [3.8, 4) is 0 Å². The van der Waals surface area contributed by atoms with E-state index in [1.807, 2.05) is 0 Å². The van der Waals surface area contributed by atoms with Gasteiger partial charge in [0.2, 0.25) is 0 Å². The molecule has 0 heterocycles. The molecular formula is C51H98O6. The van der Waals surface area contributed by atoms with Gasteiger partial charge in [0, 0.05) is 19.3 Å². The molecule has 0 N–H and O–H groups in total. The zero-order valence-corrected chi connectivity index (χ0v) is 39.0. The van der Waals surface area contributed by atoms with Crippen molar-refractivity contribution in [2.24, 2.45) is 11.8 Å². The van der Waals surface area contributed by atoms with Crippen molar-refractivity contribution in [2.45, 2.75) is 285 Å². The molecule has 0 unspecified atom stereocenters. The molecule has 0 rings (SSSR count). The van der Waals surface area contributed by atoms with Crippen molar-refractivity contribution < 1.29 is 28.6 Å². The first-order chi connectivity index (χ1) is 27.7. The van der Waals surface area contributed by atoms with Gasteiger partial charge in [-0.1, -0.05) is 240 Å².